The van der Waals surface area contributed by atoms with Gasteiger partial charge in [0.25, 0.3) is 9.05 Å². The molecule has 1 aromatic heterocycles. The maximum Gasteiger partial charge on any atom is 0.261 e. The summed E-state index contributed by atoms with van der Waals surface area (Å²) in [6, 6.07) is 4.68. The molecule has 0 aliphatic carbocycles. The zero-order valence-corrected chi connectivity index (χ0v) is 8.66. The van der Waals surface area contributed by atoms with Gasteiger partial charge in [-0.1, -0.05) is 6.07 Å². The molecule has 0 amide bonds. The van der Waals surface area contributed by atoms with Crippen LogP contribution in [0.1, 0.15) is 0 Å². The molecule has 0 spiro atoms. The maximum atomic E-state index is 10.9. The Hall–Kier alpha value is -0.650. The van der Waals surface area contributed by atoms with Crippen LogP contribution in [0, 0.1) is 0 Å². The Balaban J connectivity index is 2.75. The Labute approximate surface area is 83.5 Å². The molecule has 0 atom stereocenters. The smallest absolute Gasteiger partial charge is 0.207 e. The summed E-state index contributed by atoms with van der Waals surface area (Å²) in [4.78, 5) is 0.117. The highest BCUT2D eigenvalue weighted by Gasteiger charge is 2.10. The van der Waals surface area contributed by atoms with Crippen LogP contribution in [0.5, 0.6) is 0 Å². The fourth-order valence-corrected chi connectivity index (χ4v) is 2.53. The van der Waals surface area contributed by atoms with Crippen molar-refractivity contribution in [2.24, 2.45) is 0 Å². The lowest BCUT2D eigenvalue weighted by Gasteiger charge is -1.94. The van der Waals surface area contributed by atoms with E-state index in [1.54, 1.807) is 12.3 Å². The zero-order valence-electron chi connectivity index (χ0n) is 6.27. The molecule has 13 heavy (non-hydrogen) atoms. The number of hydrogen-bond donors (Lipinski definition) is 0. The van der Waals surface area contributed by atoms with Crippen LogP contribution in [0.4, 0.5) is 0 Å². The fourth-order valence-electron chi connectivity index (χ4n) is 0.992. The predicted octanol–water partition coefficient (Wildman–Crippen LogP) is 2.22. The van der Waals surface area contributed by atoms with Crippen LogP contribution in [0.25, 0.3) is 10.1 Å². The zero-order chi connectivity index (χ0) is 9.47. The van der Waals surface area contributed by atoms with Crippen molar-refractivity contribution >= 4 is 41.4 Å². The second-order valence-corrected chi connectivity index (χ2v) is 5.86. The minimum atomic E-state index is -3.62. The number of benzene rings is 1. The summed E-state index contributed by atoms with van der Waals surface area (Å²) in [7, 11) is 1.56. The van der Waals surface area contributed by atoms with Crippen LogP contribution in [0.2, 0.25) is 0 Å². The molecule has 2 rings (SSSR count). The first-order valence-corrected chi connectivity index (χ1v) is 6.45. The molecule has 0 aliphatic heterocycles. The Morgan fingerprint density at radius 1 is 1.38 bits per heavy atom. The number of fused-ring (bicyclic) bond motifs is 1. The lowest BCUT2D eigenvalue weighted by atomic mass is 10.3. The number of aromatic nitrogens is 1. The molecular formula is C7H4ClNO2S2. The summed E-state index contributed by atoms with van der Waals surface area (Å²) in [6.45, 7) is 0. The topological polar surface area (TPSA) is 47.0 Å². The number of nitrogens with zero attached hydrogens (tertiary/aromatic N) is 1. The van der Waals surface area contributed by atoms with Crippen molar-refractivity contribution in [1.29, 1.82) is 0 Å². The number of halogens is 1. The molecule has 0 saturated heterocycles. The molecule has 0 fully saturated rings. The average molecular weight is 234 g/mol. The Morgan fingerprint density at radius 2 is 2.15 bits per heavy atom. The van der Waals surface area contributed by atoms with Gasteiger partial charge in [-0.3, -0.25) is 0 Å². The third kappa shape index (κ3) is 1.67. The molecule has 68 valence electrons. The molecule has 0 bridgehead atoms. The Kier molecular flexibility index (Phi) is 2.02. The molecule has 0 N–H and O–H groups in total. The summed E-state index contributed by atoms with van der Waals surface area (Å²) in [5.41, 5.74) is 0. The summed E-state index contributed by atoms with van der Waals surface area (Å²) in [5.74, 6) is 0. The monoisotopic (exact) mass is 233 g/mol. The van der Waals surface area contributed by atoms with Gasteiger partial charge in [0.15, 0.2) is 0 Å². The first kappa shape index (κ1) is 8.93. The Bertz CT molecular complexity index is 546. The van der Waals surface area contributed by atoms with Crippen molar-refractivity contribution in [3.8, 4) is 0 Å². The SMILES string of the molecule is O=S(=O)(Cl)c1ccc2cnsc2c1. The van der Waals surface area contributed by atoms with Gasteiger partial charge in [0, 0.05) is 22.3 Å². The van der Waals surface area contributed by atoms with Gasteiger partial charge in [0.2, 0.25) is 0 Å². The maximum absolute atomic E-state index is 10.9. The van der Waals surface area contributed by atoms with E-state index < -0.39 is 9.05 Å². The van der Waals surface area contributed by atoms with Gasteiger partial charge in [0.05, 0.1) is 9.60 Å². The average Bonchev–Trinajstić information content (AvgIpc) is 2.47. The van der Waals surface area contributed by atoms with E-state index in [1.807, 2.05) is 0 Å². The molecule has 1 heterocycles. The normalized spacial score (nSPS) is 12.1. The first-order valence-electron chi connectivity index (χ1n) is 3.36. The fraction of sp³-hybridized carbons (Fsp3) is 0. The minimum absolute atomic E-state index is 0.117. The molecule has 0 saturated carbocycles. The molecule has 3 nitrogen and oxygen atoms in total. The first-order chi connectivity index (χ1) is 6.07. The second-order valence-electron chi connectivity index (χ2n) is 2.46. The van der Waals surface area contributed by atoms with Gasteiger partial charge >= 0.3 is 0 Å². The molecule has 0 unspecified atom stereocenters. The van der Waals surface area contributed by atoms with Crippen LogP contribution in [-0.2, 0) is 9.05 Å². The van der Waals surface area contributed by atoms with Crippen molar-refractivity contribution in [2.45, 2.75) is 4.90 Å². The van der Waals surface area contributed by atoms with Gasteiger partial charge in [-0.2, -0.15) is 4.37 Å². The third-order valence-corrected chi connectivity index (χ3v) is 3.72. The minimum Gasteiger partial charge on any atom is -0.207 e. The molecule has 2 aromatic rings. The van der Waals surface area contributed by atoms with E-state index in [0.717, 1.165) is 10.1 Å². The van der Waals surface area contributed by atoms with Crippen LogP contribution in [0.15, 0.2) is 29.3 Å². The van der Waals surface area contributed by atoms with Crippen LogP contribution >= 0.6 is 22.2 Å². The third-order valence-electron chi connectivity index (χ3n) is 1.61. The van der Waals surface area contributed by atoms with E-state index in [0.29, 0.717) is 0 Å². The highest BCUT2D eigenvalue weighted by Crippen LogP contribution is 2.23. The molecular weight excluding hydrogens is 230 g/mol. The highest BCUT2D eigenvalue weighted by atomic mass is 35.7. The largest absolute Gasteiger partial charge is 0.261 e. The van der Waals surface area contributed by atoms with Crippen LogP contribution < -0.4 is 0 Å². The Morgan fingerprint density at radius 3 is 2.85 bits per heavy atom. The summed E-state index contributed by atoms with van der Waals surface area (Å²) >= 11 is 1.24. The second kappa shape index (κ2) is 2.94. The van der Waals surface area contributed by atoms with Gasteiger partial charge in [0.1, 0.15) is 0 Å². The molecule has 6 heteroatoms. The van der Waals surface area contributed by atoms with E-state index in [9.17, 15) is 8.42 Å². The van der Waals surface area contributed by atoms with E-state index in [-0.39, 0.29) is 4.90 Å². The number of rotatable bonds is 1. The summed E-state index contributed by atoms with van der Waals surface area (Å²) in [6.07, 6.45) is 1.69. The van der Waals surface area contributed by atoms with Gasteiger partial charge in [-0.05, 0) is 23.7 Å². The molecule has 0 aliphatic rings. The number of hydrogen-bond acceptors (Lipinski definition) is 4. The van der Waals surface area contributed by atoms with Crippen molar-refractivity contribution in [2.75, 3.05) is 0 Å². The van der Waals surface area contributed by atoms with Crippen LogP contribution in [0.3, 0.4) is 0 Å². The molecule has 1 aromatic carbocycles. The standard InChI is InChI=1S/C7H4ClNO2S2/c8-13(10,11)6-2-1-5-4-9-12-7(5)3-6/h1-4H. The lowest BCUT2D eigenvalue weighted by Crippen LogP contribution is -1.88. The van der Waals surface area contributed by atoms with Crippen molar-refractivity contribution in [3.05, 3.63) is 24.4 Å². The van der Waals surface area contributed by atoms with Gasteiger partial charge in [-0.15, -0.1) is 0 Å². The van der Waals surface area contributed by atoms with Gasteiger partial charge in [-0.25, -0.2) is 8.42 Å². The van der Waals surface area contributed by atoms with Crippen molar-refractivity contribution in [1.82, 2.24) is 4.37 Å². The van der Waals surface area contributed by atoms with E-state index >= 15 is 0 Å². The lowest BCUT2D eigenvalue weighted by molar-refractivity contribution is 0.609. The van der Waals surface area contributed by atoms with Crippen LogP contribution in [-0.4, -0.2) is 12.8 Å². The summed E-state index contributed by atoms with van der Waals surface area (Å²) < 4.78 is 26.6. The highest BCUT2D eigenvalue weighted by molar-refractivity contribution is 8.13. The molecule has 0 radical (unpaired) electrons. The summed E-state index contributed by atoms with van der Waals surface area (Å²) in [5, 5.41) is 0.925. The van der Waals surface area contributed by atoms with E-state index in [1.165, 1.54) is 23.7 Å². The van der Waals surface area contributed by atoms with E-state index in [2.05, 4.69) is 4.37 Å². The van der Waals surface area contributed by atoms with Gasteiger partial charge < -0.3 is 0 Å². The van der Waals surface area contributed by atoms with Crippen molar-refractivity contribution < 1.29 is 8.42 Å². The van der Waals surface area contributed by atoms with Crippen molar-refractivity contribution in [3.63, 3.8) is 0 Å². The quantitative estimate of drug-likeness (QED) is 0.710. The van der Waals surface area contributed by atoms with E-state index in [4.69, 9.17) is 10.7 Å². The predicted molar refractivity (Wildman–Crippen MR) is 52.7 cm³/mol.